The minimum Gasteiger partial charge on any atom is -0.496 e. The SMILES string of the molecule is COc1ccccc1-c1cc(C)ncc1C(=O)Nc1nc2nnc(Cl)cc2s1. The Labute approximate surface area is 169 Å². The molecule has 0 aliphatic rings. The fourth-order valence-corrected chi connectivity index (χ4v) is 3.81. The second-order valence-electron chi connectivity index (χ2n) is 5.90. The fraction of sp³-hybridized carbons (Fsp3) is 0.105. The smallest absolute Gasteiger partial charge is 0.259 e. The summed E-state index contributed by atoms with van der Waals surface area (Å²) in [5.41, 5.74) is 3.17. The standard InChI is InChI=1S/C19H14ClN5O2S/c1-10-7-12(11-5-3-4-6-14(11)27-2)13(9-21-10)18(26)23-19-22-17-15(28-19)8-16(20)24-25-17/h3-9H,1-2H3,(H,22,23,25,26). The molecule has 9 heteroatoms. The van der Waals surface area contributed by atoms with E-state index in [0.717, 1.165) is 21.5 Å². The van der Waals surface area contributed by atoms with Crippen LogP contribution in [0.2, 0.25) is 5.15 Å². The van der Waals surface area contributed by atoms with Gasteiger partial charge in [-0.3, -0.25) is 15.1 Å². The van der Waals surface area contributed by atoms with Crippen LogP contribution in [0.15, 0.2) is 42.6 Å². The Bertz CT molecular complexity index is 1190. The topological polar surface area (TPSA) is 89.9 Å². The van der Waals surface area contributed by atoms with Crippen molar-refractivity contribution in [2.75, 3.05) is 12.4 Å². The molecule has 1 amide bonds. The normalized spacial score (nSPS) is 10.8. The monoisotopic (exact) mass is 411 g/mol. The summed E-state index contributed by atoms with van der Waals surface area (Å²) in [7, 11) is 1.60. The minimum absolute atomic E-state index is 0.273. The summed E-state index contributed by atoms with van der Waals surface area (Å²) in [4.78, 5) is 21.5. The van der Waals surface area contributed by atoms with E-state index in [1.165, 1.54) is 11.3 Å². The van der Waals surface area contributed by atoms with E-state index in [4.69, 9.17) is 16.3 Å². The lowest BCUT2D eigenvalue weighted by atomic mass is 9.99. The first kappa shape index (κ1) is 18.3. The number of pyridine rings is 1. The number of aryl methyl sites for hydroxylation is 1. The lowest BCUT2D eigenvalue weighted by Crippen LogP contribution is -2.14. The summed E-state index contributed by atoms with van der Waals surface area (Å²) in [6.07, 6.45) is 1.55. The summed E-state index contributed by atoms with van der Waals surface area (Å²) in [5, 5.41) is 11.2. The highest BCUT2D eigenvalue weighted by Gasteiger charge is 2.18. The first-order valence-electron chi connectivity index (χ1n) is 8.26. The zero-order chi connectivity index (χ0) is 19.7. The third-order valence-electron chi connectivity index (χ3n) is 4.03. The number of carbonyl (C=O) groups excluding carboxylic acids is 1. The number of amides is 1. The van der Waals surface area contributed by atoms with Crippen molar-refractivity contribution in [2.24, 2.45) is 0 Å². The summed E-state index contributed by atoms with van der Waals surface area (Å²) in [5.74, 6) is 0.346. The number of para-hydroxylation sites is 1. The van der Waals surface area contributed by atoms with Gasteiger partial charge in [0.1, 0.15) is 5.75 Å². The second kappa shape index (κ2) is 7.49. The number of hydrogen-bond donors (Lipinski definition) is 1. The Hall–Kier alpha value is -3.10. The maximum absolute atomic E-state index is 13.0. The molecule has 140 valence electrons. The van der Waals surface area contributed by atoms with E-state index in [0.29, 0.717) is 22.1 Å². The molecule has 0 saturated heterocycles. The van der Waals surface area contributed by atoms with Gasteiger partial charge in [0, 0.05) is 23.0 Å². The Morgan fingerprint density at radius 1 is 1.18 bits per heavy atom. The van der Waals surface area contributed by atoms with Crippen molar-refractivity contribution >= 4 is 44.3 Å². The van der Waals surface area contributed by atoms with Crippen molar-refractivity contribution in [1.29, 1.82) is 0 Å². The second-order valence-corrected chi connectivity index (χ2v) is 7.32. The Balaban J connectivity index is 1.73. The van der Waals surface area contributed by atoms with E-state index in [-0.39, 0.29) is 11.1 Å². The first-order valence-corrected chi connectivity index (χ1v) is 9.46. The molecule has 1 aromatic carbocycles. The van der Waals surface area contributed by atoms with Gasteiger partial charge in [0.15, 0.2) is 15.9 Å². The van der Waals surface area contributed by atoms with E-state index in [2.05, 4.69) is 25.5 Å². The summed E-state index contributed by atoms with van der Waals surface area (Å²) >= 11 is 7.13. The van der Waals surface area contributed by atoms with Crippen LogP contribution < -0.4 is 10.1 Å². The van der Waals surface area contributed by atoms with Crippen LogP contribution in [0.4, 0.5) is 5.13 Å². The fourth-order valence-electron chi connectivity index (χ4n) is 2.77. The number of aromatic nitrogens is 4. The quantitative estimate of drug-likeness (QED) is 0.536. The highest BCUT2D eigenvalue weighted by molar-refractivity contribution is 7.22. The molecule has 0 spiro atoms. The number of fused-ring (bicyclic) bond motifs is 1. The van der Waals surface area contributed by atoms with Crippen molar-refractivity contribution < 1.29 is 9.53 Å². The predicted molar refractivity (Wildman–Crippen MR) is 109 cm³/mol. The maximum Gasteiger partial charge on any atom is 0.259 e. The number of benzene rings is 1. The number of anilines is 1. The van der Waals surface area contributed by atoms with Gasteiger partial charge in [-0.15, -0.1) is 10.2 Å². The van der Waals surface area contributed by atoms with Crippen LogP contribution in [0.5, 0.6) is 5.75 Å². The predicted octanol–water partition coefficient (Wildman–Crippen LogP) is 4.37. The first-order chi connectivity index (χ1) is 13.5. The molecule has 4 rings (SSSR count). The Morgan fingerprint density at radius 3 is 2.82 bits per heavy atom. The summed E-state index contributed by atoms with van der Waals surface area (Å²) in [6.45, 7) is 1.87. The molecule has 4 aromatic rings. The molecule has 0 fully saturated rings. The largest absolute Gasteiger partial charge is 0.496 e. The average molecular weight is 412 g/mol. The molecular weight excluding hydrogens is 398 g/mol. The van der Waals surface area contributed by atoms with E-state index < -0.39 is 0 Å². The molecule has 28 heavy (non-hydrogen) atoms. The third-order valence-corrected chi connectivity index (χ3v) is 5.12. The third kappa shape index (κ3) is 3.51. The maximum atomic E-state index is 13.0. The molecule has 0 bridgehead atoms. The van der Waals surface area contributed by atoms with Gasteiger partial charge in [-0.1, -0.05) is 41.1 Å². The van der Waals surface area contributed by atoms with Gasteiger partial charge in [-0.25, -0.2) is 0 Å². The number of nitrogens with zero attached hydrogens (tertiary/aromatic N) is 4. The zero-order valence-electron chi connectivity index (χ0n) is 14.9. The van der Waals surface area contributed by atoms with Crippen LogP contribution in [-0.2, 0) is 0 Å². The van der Waals surface area contributed by atoms with Crippen LogP contribution >= 0.6 is 22.9 Å². The van der Waals surface area contributed by atoms with E-state index in [9.17, 15) is 4.79 Å². The number of carbonyl (C=O) groups is 1. The van der Waals surface area contributed by atoms with Crippen molar-refractivity contribution in [1.82, 2.24) is 20.2 Å². The van der Waals surface area contributed by atoms with Crippen LogP contribution in [0, 0.1) is 6.92 Å². The number of ether oxygens (including phenoxy) is 1. The molecule has 0 radical (unpaired) electrons. The Morgan fingerprint density at radius 2 is 2.00 bits per heavy atom. The molecule has 0 atom stereocenters. The van der Waals surface area contributed by atoms with Crippen LogP contribution in [0.3, 0.4) is 0 Å². The van der Waals surface area contributed by atoms with Gasteiger partial charge in [-0.05, 0) is 25.1 Å². The van der Waals surface area contributed by atoms with Gasteiger partial charge in [-0.2, -0.15) is 4.98 Å². The average Bonchev–Trinajstić information content (AvgIpc) is 3.09. The van der Waals surface area contributed by atoms with E-state index in [1.807, 2.05) is 37.3 Å². The Kier molecular flexibility index (Phi) is 4.89. The van der Waals surface area contributed by atoms with E-state index >= 15 is 0 Å². The molecule has 1 N–H and O–H groups in total. The van der Waals surface area contributed by atoms with Crippen LogP contribution in [0.25, 0.3) is 21.5 Å². The minimum atomic E-state index is -0.327. The van der Waals surface area contributed by atoms with Gasteiger partial charge in [0.05, 0.1) is 17.4 Å². The molecule has 3 heterocycles. The van der Waals surface area contributed by atoms with Gasteiger partial charge in [0.2, 0.25) is 0 Å². The highest BCUT2D eigenvalue weighted by atomic mass is 35.5. The number of methoxy groups -OCH3 is 1. The summed E-state index contributed by atoms with van der Waals surface area (Å²) in [6, 6.07) is 11.0. The van der Waals surface area contributed by atoms with E-state index in [1.54, 1.807) is 19.4 Å². The van der Waals surface area contributed by atoms with Gasteiger partial charge >= 0.3 is 0 Å². The van der Waals surface area contributed by atoms with Crippen molar-refractivity contribution in [3.05, 3.63) is 59.0 Å². The molecular formula is C19H14ClN5O2S. The van der Waals surface area contributed by atoms with Crippen LogP contribution in [-0.4, -0.2) is 33.2 Å². The number of thiazole rings is 1. The molecule has 0 aliphatic carbocycles. The number of nitrogens with one attached hydrogen (secondary N) is 1. The molecule has 0 saturated carbocycles. The van der Waals surface area contributed by atoms with Crippen molar-refractivity contribution in [3.63, 3.8) is 0 Å². The van der Waals surface area contributed by atoms with Crippen LogP contribution in [0.1, 0.15) is 16.1 Å². The number of hydrogen-bond acceptors (Lipinski definition) is 7. The highest BCUT2D eigenvalue weighted by Crippen LogP contribution is 2.33. The number of rotatable bonds is 4. The van der Waals surface area contributed by atoms with Gasteiger partial charge in [0.25, 0.3) is 5.91 Å². The molecule has 3 aromatic heterocycles. The van der Waals surface area contributed by atoms with Gasteiger partial charge < -0.3 is 4.74 Å². The lowest BCUT2D eigenvalue weighted by Gasteiger charge is -2.13. The zero-order valence-corrected chi connectivity index (χ0v) is 16.5. The molecule has 0 aliphatic heterocycles. The molecule has 7 nitrogen and oxygen atoms in total. The lowest BCUT2D eigenvalue weighted by molar-refractivity contribution is 0.102. The summed E-state index contributed by atoms with van der Waals surface area (Å²) < 4.78 is 6.19. The van der Waals surface area contributed by atoms with Crippen molar-refractivity contribution in [2.45, 2.75) is 6.92 Å². The number of halogens is 1. The molecule has 0 unspecified atom stereocenters. The van der Waals surface area contributed by atoms with Crippen molar-refractivity contribution in [3.8, 4) is 16.9 Å².